The highest BCUT2D eigenvalue weighted by Crippen LogP contribution is 2.32. The van der Waals surface area contributed by atoms with E-state index in [1.165, 1.54) is 0 Å². The SMILES string of the molecule is CC(C)n1nnnc1COc1ccc(C(=O)NCCc2ccc3c(c2)OCO3)cc1. The number of nitrogens with one attached hydrogen (secondary N) is 1. The van der Waals surface area contributed by atoms with E-state index >= 15 is 0 Å². The van der Waals surface area contributed by atoms with Crippen molar-refractivity contribution in [3.8, 4) is 17.2 Å². The molecule has 0 atom stereocenters. The molecule has 0 unspecified atom stereocenters. The van der Waals surface area contributed by atoms with Crippen LogP contribution < -0.4 is 19.5 Å². The number of hydrogen-bond donors (Lipinski definition) is 1. The van der Waals surface area contributed by atoms with Gasteiger partial charge >= 0.3 is 0 Å². The van der Waals surface area contributed by atoms with Gasteiger partial charge in [0, 0.05) is 12.1 Å². The fraction of sp³-hybridized carbons (Fsp3) is 0.333. The second kappa shape index (κ2) is 8.81. The highest BCUT2D eigenvalue weighted by molar-refractivity contribution is 5.94. The Kier molecular flexibility index (Phi) is 5.78. The van der Waals surface area contributed by atoms with E-state index in [-0.39, 0.29) is 25.3 Å². The molecule has 9 heteroatoms. The van der Waals surface area contributed by atoms with Crippen LogP contribution in [0.5, 0.6) is 17.2 Å². The molecule has 0 radical (unpaired) electrons. The van der Waals surface area contributed by atoms with Crippen LogP contribution in [0.2, 0.25) is 0 Å². The Hall–Kier alpha value is -3.62. The molecular formula is C21H23N5O4. The molecular weight excluding hydrogens is 386 g/mol. The summed E-state index contributed by atoms with van der Waals surface area (Å²) in [6.45, 7) is 5.03. The van der Waals surface area contributed by atoms with Crippen LogP contribution >= 0.6 is 0 Å². The fourth-order valence-corrected chi connectivity index (χ4v) is 3.08. The summed E-state index contributed by atoms with van der Waals surface area (Å²) in [7, 11) is 0. The van der Waals surface area contributed by atoms with Gasteiger partial charge in [0.15, 0.2) is 17.3 Å². The first-order valence-electron chi connectivity index (χ1n) is 9.76. The first kappa shape index (κ1) is 19.7. The maximum absolute atomic E-state index is 12.4. The summed E-state index contributed by atoms with van der Waals surface area (Å²) in [5.74, 6) is 2.66. The van der Waals surface area contributed by atoms with Crippen molar-refractivity contribution >= 4 is 5.91 Å². The van der Waals surface area contributed by atoms with Gasteiger partial charge in [0.25, 0.3) is 5.91 Å². The molecule has 1 N–H and O–H groups in total. The zero-order valence-corrected chi connectivity index (χ0v) is 16.9. The summed E-state index contributed by atoms with van der Waals surface area (Å²) in [6, 6.07) is 12.9. The van der Waals surface area contributed by atoms with Gasteiger partial charge in [0.2, 0.25) is 6.79 Å². The monoisotopic (exact) mass is 409 g/mol. The molecule has 1 aliphatic heterocycles. The molecule has 2 aromatic carbocycles. The molecule has 2 heterocycles. The van der Waals surface area contributed by atoms with E-state index in [0.29, 0.717) is 30.1 Å². The molecule has 9 nitrogen and oxygen atoms in total. The summed E-state index contributed by atoms with van der Waals surface area (Å²) in [5.41, 5.74) is 1.65. The highest BCUT2D eigenvalue weighted by atomic mass is 16.7. The van der Waals surface area contributed by atoms with Crippen LogP contribution in [0.15, 0.2) is 42.5 Å². The van der Waals surface area contributed by atoms with Crippen molar-refractivity contribution in [3.63, 3.8) is 0 Å². The Bertz CT molecular complexity index is 1020. The Labute approximate surface area is 173 Å². The molecule has 156 valence electrons. The largest absolute Gasteiger partial charge is 0.486 e. The lowest BCUT2D eigenvalue weighted by Crippen LogP contribution is -2.25. The van der Waals surface area contributed by atoms with Gasteiger partial charge in [-0.25, -0.2) is 4.68 Å². The summed E-state index contributed by atoms with van der Waals surface area (Å²) in [4.78, 5) is 12.4. The summed E-state index contributed by atoms with van der Waals surface area (Å²) < 4.78 is 18.1. The molecule has 1 aliphatic rings. The maximum Gasteiger partial charge on any atom is 0.251 e. The van der Waals surface area contributed by atoms with Crippen LogP contribution in [0, 0.1) is 0 Å². The molecule has 3 aromatic rings. The average molecular weight is 409 g/mol. The van der Waals surface area contributed by atoms with E-state index in [1.807, 2.05) is 32.0 Å². The predicted octanol–water partition coefficient (Wildman–Crippen LogP) is 2.53. The Morgan fingerprint density at radius 2 is 1.97 bits per heavy atom. The average Bonchev–Trinajstić information content (AvgIpc) is 3.41. The number of carbonyl (C=O) groups excluding carboxylic acids is 1. The van der Waals surface area contributed by atoms with Gasteiger partial charge in [-0.3, -0.25) is 4.79 Å². The first-order chi connectivity index (χ1) is 14.6. The van der Waals surface area contributed by atoms with E-state index in [1.54, 1.807) is 28.9 Å². The quantitative estimate of drug-likeness (QED) is 0.610. The third-order valence-electron chi connectivity index (χ3n) is 4.67. The summed E-state index contributed by atoms with van der Waals surface area (Å²) in [5, 5.41) is 14.5. The van der Waals surface area contributed by atoms with Crippen LogP contribution in [0.3, 0.4) is 0 Å². The van der Waals surface area contributed by atoms with Gasteiger partial charge in [0.05, 0.1) is 6.04 Å². The Morgan fingerprint density at radius 3 is 2.77 bits per heavy atom. The van der Waals surface area contributed by atoms with Crippen LogP contribution in [-0.4, -0.2) is 39.5 Å². The molecule has 1 amide bonds. The molecule has 4 rings (SSSR count). The minimum absolute atomic E-state index is 0.133. The number of hydrogen-bond acceptors (Lipinski definition) is 7. The van der Waals surface area contributed by atoms with Gasteiger partial charge in [-0.1, -0.05) is 6.07 Å². The Balaban J connectivity index is 1.26. The van der Waals surface area contributed by atoms with E-state index in [9.17, 15) is 4.79 Å². The Morgan fingerprint density at radius 1 is 1.17 bits per heavy atom. The zero-order valence-electron chi connectivity index (χ0n) is 16.9. The fourth-order valence-electron chi connectivity index (χ4n) is 3.08. The highest BCUT2D eigenvalue weighted by Gasteiger charge is 2.13. The van der Waals surface area contributed by atoms with Gasteiger partial charge in [0.1, 0.15) is 12.4 Å². The van der Waals surface area contributed by atoms with Crippen molar-refractivity contribution < 1.29 is 19.0 Å². The van der Waals surface area contributed by atoms with Gasteiger partial charge in [-0.2, -0.15) is 0 Å². The topological polar surface area (TPSA) is 100 Å². The molecule has 0 saturated carbocycles. The molecule has 1 aromatic heterocycles. The number of fused-ring (bicyclic) bond motifs is 1. The number of nitrogens with zero attached hydrogens (tertiary/aromatic N) is 4. The van der Waals surface area contributed by atoms with E-state index in [0.717, 1.165) is 17.1 Å². The number of ether oxygens (including phenoxy) is 3. The smallest absolute Gasteiger partial charge is 0.251 e. The van der Waals surface area contributed by atoms with Crippen LogP contribution in [-0.2, 0) is 13.0 Å². The maximum atomic E-state index is 12.4. The minimum atomic E-state index is -0.133. The zero-order chi connectivity index (χ0) is 20.9. The minimum Gasteiger partial charge on any atom is -0.486 e. The van der Waals surface area contributed by atoms with Crippen molar-refractivity contribution in [2.24, 2.45) is 0 Å². The first-order valence-corrected chi connectivity index (χ1v) is 9.76. The molecule has 0 fully saturated rings. The van der Waals surface area contributed by atoms with Gasteiger partial charge in [-0.15, -0.1) is 5.10 Å². The van der Waals surface area contributed by atoms with Crippen molar-refractivity contribution in [2.75, 3.05) is 13.3 Å². The number of rotatable bonds is 8. The van der Waals surface area contributed by atoms with Crippen LogP contribution in [0.1, 0.15) is 41.6 Å². The van der Waals surface area contributed by atoms with Crippen molar-refractivity contribution in [3.05, 3.63) is 59.4 Å². The lowest BCUT2D eigenvalue weighted by molar-refractivity contribution is 0.0954. The molecule has 0 aliphatic carbocycles. The molecule has 30 heavy (non-hydrogen) atoms. The molecule has 0 saturated heterocycles. The number of aromatic nitrogens is 4. The molecule has 0 spiro atoms. The second-order valence-electron chi connectivity index (χ2n) is 7.14. The predicted molar refractivity (Wildman–Crippen MR) is 108 cm³/mol. The van der Waals surface area contributed by atoms with Crippen molar-refractivity contribution in [1.29, 1.82) is 0 Å². The number of amides is 1. The number of benzene rings is 2. The van der Waals surface area contributed by atoms with Crippen LogP contribution in [0.25, 0.3) is 0 Å². The van der Waals surface area contributed by atoms with Gasteiger partial charge < -0.3 is 19.5 Å². The lowest BCUT2D eigenvalue weighted by Gasteiger charge is -2.10. The normalized spacial score (nSPS) is 12.2. The lowest BCUT2D eigenvalue weighted by atomic mass is 10.1. The van der Waals surface area contributed by atoms with E-state index in [4.69, 9.17) is 14.2 Å². The van der Waals surface area contributed by atoms with E-state index in [2.05, 4.69) is 20.8 Å². The third-order valence-corrected chi connectivity index (χ3v) is 4.67. The van der Waals surface area contributed by atoms with Crippen LogP contribution in [0.4, 0.5) is 0 Å². The van der Waals surface area contributed by atoms with E-state index < -0.39 is 0 Å². The number of tetrazole rings is 1. The molecule has 0 bridgehead atoms. The standard InChI is InChI=1S/C21H23N5O4/c1-14(2)26-20(23-24-25-26)12-28-17-6-4-16(5-7-17)21(27)22-10-9-15-3-8-18-19(11-15)30-13-29-18/h3-8,11,14H,9-10,12-13H2,1-2H3,(H,22,27). The van der Waals surface area contributed by atoms with Gasteiger partial charge in [-0.05, 0) is 72.7 Å². The number of carbonyl (C=O) groups is 1. The van der Waals surface area contributed by atoms with Crippen molar-refractivity contribution in [2.45, 2.75) is 32.9 Å². The third kappa shape index (κ3) is 4.51. The summed E-state index contributed by atoms with van der Waals surface area (Å²) in [6.07, 6.45) is 0.703. The van der Waals surface area contributed by atoms with Crippen molar-refractivity contribution in [1.82, 2.24) is 25.5 Å². The second-order valence-corrected chi connectivity index (χ2v) is 7.14. The summed E-state index contributed by atoms with van der Waals surface area (Å²) >= 11 is 0.